The Balaban J connectivity index is 1.39. The molecule has 1 amide bonds. The van der Waals surface area contributed by atoms with E-state index in [1.807, 2.05) is 17.0 Å². The summed E-state index contributed by atoms with van der Waals surface area (Å²) in [4.78, 5) is 32.8. The number of rotatable bonds is 4. The molecule has 0 bridgehead atoms. The molecule has 1 N–H and O–H groups in total. The molecule has 8 nitrogen and oxygen atoms in total. The maximum atomic E-state index is 13.4. The number of hydrogen-bond donors (Lipinski definition) is 1. The number of nitrogens with zero attached hydrogens (tertiary/aromatic N) is 6. The Hall–Kier alpha value is -3.14. The minimum atomic E-state index is -0.534. The Bertz CT molecular complexity index is 1030. The molecular weight excluding hydrogens is 453 g/mol. The van der Waals surface area contributed by atoms with E-state index in [4.69, 9.17) is 0 Å². The smallest absolute Gasteiger partial charge is 0.257 e. The Labute approximate surface area is 181 Å². The molecule has 30 heavy (non-hydrogen) atoms. The lowest BCUT2D eigenvalue weighted by atomic mass is 10.2. The van der Waals surface area contributed by atoms with Crippen LogP contribution in [0.25, 0.3) is 0 Å². The molecular formula is C20H19BrFN7O. The molecule has 1 atom stereocenters. The average Bonchev–Trinajstić information content (AvgIpc) is 2.75. The van der Waals surface area contributed by atoms with Crippen molar-refractivity contribution in [3.05, 3.63) is 65.2 Å². The number of halogens is 2. The maximum Gasteiger partial charge on any atom is 0.257 e. The van der Waals surface area contributed by atoms with Crippen molar-refractivity contribution in [2.24, 2.45) is 0 Å². The fourth-order valence-corrected chi connectivity index (χ4v) is 3.58. The van der Waals surface area contributed by atoms with Crippen LogP contribution in [0, 0.1) is 5.95 Å². The van der Waals surface area contributed by atoms with E-state index in [0.29, 0.717) is 34.8 Å². The van der Waals surface area contributed by atoms with Crippen LogP contribution in [-0.2, 0) is 0 Å². The molecule has 0 spiro atoms. The first-order chi connectivity index (χ1) is 14.5. The molecule has 1 aliphatic heterocycles. The molecule has 0 saturated carbocycles. The Kier molecular flexibility index (Phi) is 5.84. The molecule has 154 valence electrons. The van der Waals surface area contributed by atoms with Gasteiger partial charge in [0.25, 0.3) is 5.91 Å². The number of aromatic nitrogens is 4. The topological polar surface area (TPSA) is 87.1 Å². The fraction of sp³-hybridized carbons (Fsp3) is 0.250. The van der Waals surface area contributed by atoms with Crippen molar-refractivity contribution in [2.75, 3.05) is 34.8 Å². The first kappa shape index (κ1) is 20.1. The van der Waals surface area contributed by atoms with Crippen LogP contribution in [0.15, 0.2) is 53.7 Å². The van der Waals surface area contributed by atoms with Crippen LogP contribution in [0.4, 0.5) is 21.7 Å². The normalized spacial score (nSPS) is 16.4. The predicted molar refractivity (Wildman–Crippen MR) is 115 cm³/mol. The SMILES string of the molecule is C[C@H]1CN(c2cc(F)ncn2)CCN1c1ccc(NC(=O)c2ccc(Br)nc2)cn1. The molecule has 1 saturated heterocycles. The third kappa shape index (κ3) is 4.54. The van der Waals surface area contributed by atoms with E-state index in [1.165, 1.54) is 18.6 Å². The second-order valence-corrected chi connectivity index (χ2v) is 7.73. The van der Waals surface area contributed by atoms with Crippen LogP contribution >= 0.6 is 15.9 Å². The summed E-state index contributed by atoms with van der Waals surface area (Å²) in [5.74, 6) is 0.624. The van der Waals surface area contributed by atoms with Crippen molar-refractivity contribution >= 4 is 39.2 Å². The number of piperazine rings is 1. The Morgan fingerprint density at radius 3 is 2.63 bits per heavy atom. The van der Waals surface area contributed by atoms with E-state index in [1.54, 1.807) is 18.3 Å². The van der Waals surface area contributed by atoms with Gasteiger partial charge in [0.15, 0.2) is 0 Å². The number of anilines is 3. The molecule has 0 radical (unpaired) electrons. The first-order valence-corrected chi connectivity index (χ1v) is 10.2. The number of pyridine rings is 2. The van der Waals surface area contributed by atoms with Crippen LogP contribution in [-0.4, -0.2) is 51.5 Å². The van der Waals surface area contributed by atoms with Crippen molar-refractivity contribution in [3.8, 4) is 0 Å². The molecule has 10 heteroatoms. The van der Waals surface area contributed by atoms with Crippen molar-refractivity contribution in [1.29, 1.82) is 0 Å². The van der Waals surface area contributed by atoms with Gasteiger partial charge in [-0.1, -0.05) is 0 Å². The third-order valence-corrected chi connectivity index (χ3v) is 5.33. The predicted octanol–water partition coefficient (Wildman–Crippen LogP) is 3.14. The number of amides is 1. The van der Waals surface area contributed by atoms with Crippen LogP contribution in [0.5, 0.6) is 0 Å². The molecule has 3 aromatic heterocycles. The average molecular weight is 472 g/mol. The standard InChI is InChI=1S/C20H19BrFN7O/c1-13-11-28(19-8-17(22)25-12-26-19)6-7-29(13)18-5-3-15(10-24-18)27-20(30)14-2-4-16(21)23-9-14/h2-5,8-10,12-13H,6-7,11H2,1H3,(H,27,30)/t13-/m0/s1. The van der Waals surface area contributed by atoms with Crippen molar-refractivity contribution in [3.63, 3.8) is 0 Å². The molecule has 1 fully saturated rings. The van der Waals surface area contributed by atoms with Gasteiger partial charge < -0.3 is 15.1 Å². The summed E-state index contributed by atoms with van der Waals surface area (Å²) < 4.78 is 14.1. The molecule has 4 rings (SSSR count). The van der Waals surface area contributed by atoms with Crippen LogP contribution in [0.2, 0.25) is 0 Å². The number of hydrogen-bond acceptors (Lipinski definition) is 7. The summed E-state index contributed by atoms with van der Waals surface area (Å²) in [5, 5.41) is 2.82. The maximum absolute atomic E-state index is 13.4. The monoisotopic (exact) mass is 471 g/mol. The molecule has 0 aliphatic carbocycles. The largest absolute Gasteiger partial charge is 0.353 e. The van der Waals surface area contributed by atoms with E-state index in [9.17, 15) is 9.18 Å². The lowest BCUT2D eigenvalue weighted by Gasteiger charge is -2.41. The van der Waals surface area contributed by atoms with Crippen LogP contribution < -0.4 is 15.1 Å². The summed E-state index contributed by atoms with van der Waals surface area (Å²) in [5.41, 5.74) is 1.07. The summed E-state index contributed by atoms with van der Waals surface area (Å²) in [6.45, 7) is 4.18. The molecule has 1 aliphatic rings. The quantitative estimate of drug-likeness (QED) is 0.461. The van der Waals surface area contributed by atoms with Crippen LogP contribution in [0.3, 0.4) is 0 Å². The highest BCUT2D eigenvalue weighted by atomic mass is 79.9. The van der Waals surface area contributed by atoms with Gasteiger partial charge in [0.2, 0.25) is 5.95 Å². The lowest BCUT2D eigenvalue weighted by Crippen LogP contribution is -2.52. The van der Waals surface area contributed by atoms with Gasteiger partial charge in [-0.05, 0) is 47.1 Å². The molecule has 4 heterocycles. The second kappa shape index (κ2) is 8.70. The summed E-state index contributed by atoms with van der Waals surface area (Å²) in [6, 6.07) is 8.61. The van der Waals surface area contributed by atoms with E-state index in [0.717, 1.165) is 12.4 Å². The van der Waals surface area contributed by atoms with Gasteiger partial charge in [0.05, 0.1) is 17.4 Å². The minimum Gasteiger partial charge on any atom is -0.353 e. The fourth-order valence-electron chi connectivity index (χ4n) is 3.35. The molecule has 0 aromatic carbocycles. The van der Waals surface area contributed by atoms with Gasteiger partial charge in [-0.2, -0.15) is 4.39 Å². The van der Waals surface area contributed by atoms with E-state index < -0.39 is 5.95 Å². The van der Waals surface area contributed by atoms with Gasteiger partial charge in [0.1, 0.15) is 22.6 Å². The third-order valence-electron chi connectivity index (χ3n) is 4.86. The van der Waals surface area contributed by atoms with Crippen molar-refractivity contribution in [1.82, 2.24) is 19.9 Å². The van der Waals surface area contributed by atoms with Gasteiger partial charge in [-0.3, -0.25) is 4.79 Å². The van der Waals surface area contributed by atoms with Gasteiger partial charge >= 0.3 is 0 Å². The summed E-state index contributed by atoms with van der Waals surface area (Å²) in [7, 11) is 0. The lowest BCUT2D eigenvalue weighted by molar-refractivity contribution is 0.102. The zero-order valence-corrected chi connectivity index (χ0v) is 17.8. The van der Waals surface area contributed by atoms with Crippen LogP contribution in [0.1, 0.15) is 17.3 Å². The highest BCUT2D eigenvalue weighted by Crippen LogP contribution is 2.23. The summed E-state index contributed by atoms with van der Waals surface area (Å²) >= 11 is 3.25. The van der Waals surface area contributed by atoms with Crippen molar-refractivity contribution in [2.45, 2.75) is 13.0 Å². The Morgan fingerprint density at radius 1 is 1.10 bits per heavy atom. The van der Waals surface area contributed by atoms with Gasteiger partial charge in [-0.25, -0.2) is 19.9 Å². The highest BCUT2D eigenvalue weighted by Gasteiger charge is 2.25. The second-order valence-electron chi connectivity index (χ2n) is 6.92. The van der Waals surface area contributed by atoms with E-state index >= 15 is 0 Å². The van der Waals surface area contributed by atoms with Gasteiger partial charge in [-0.15, -0.1) is 0 Å². The zero-order valence-electron chi connectivity index (χ0n) is 16.2. The number of carbonyl (C=O) groups is 1. The number of nitrogens with one attached hydrogen (secondary N) is 1. The zero-order chi connectivity index (χ0) is 21.1. The Morgan fingerprint density at radius 2 is 1.97 bits per heavy atom. The first-order valence-electron chi connectivity index (χ1n) is 9.38. The highest BCUT2D eigenvalue weighted by molar-refractivity contribution is 9.10. The molecule has 0 unspecified atom stereocenters. The van der Waals surface area contributed by atoms with E-state index in [2.05, 4.69) is 53.0 Å². The summed E-state index contributed by atoms with van der Waals surface area (Å²) in [6.07, 6.45) is 4.38. The minimum absolute atomic E-state index is 0.151. The van der Waals surface area contributed by atoms with E-state index in [-0.39, 0.29) is 11.9 Å². The van der Waals surface area contributed by atoms with Gasteiger partial charge in [0, 0.05) is 37.9 Å². The van der Waals surface area contributed by atoms with Crippen molar-refractivity contribution < 1.29 is 9.18 Å². The number of carbonyl (C=O) groups excluding carboxylic acids is 1. The molecule has 3 aromatic rings.